The van der Waals surface area contributed by atoms with Crippen molar-refractivity contribution in [2.24, 2.45) is 0 Å². The van der Waals surface area contributed by atoms with E-state index in [9.17, 15) is 29.3 Å². The molecule has 1 aliphatic carbocycles. The van der Waals surface area contributed by atoms with Crippen LogP contribution in [0.2, 0.25) is 0 Å². The maximum absolute atomic E-state index is 13.6. The fraction of sp³-hybridized carbons (Fsp3) is 0.286. The van der Waals surface area contributed by atoms with Crippen LogP contribution < -0.4 is 5.56 Å². The molecular weight excluding hydrogens is 537 g/mol. The molecule has 0 unspecified atom stereocenters. The van der Waals surface area contributed by atoms with Crippen molar-refractivity contribution in [2.75, 3.05) is 6.61 Å². The van der Waals surface area contributed by atoms with Crippen LogP contribution in [-0.4, -0.2) is 25.8 Å². The summed E-state index contributed by atoms with van der Waals surface area (Å²) >= 11 is 0. The molecule has 0 saturated heterocycles. The van der Waals surface area contributed by atoms with Gasteiger partial charge in [0.1, 0.15) is 4.90 Å². The van der Waals surface area contributed by atoms with Crippen LogP contribution in [0.15, 0.2) is 76.9 Å². The van der Waals surface area contributed by atoms with Crippen molar-refractivity contribution in [3.63, 3.8) is 0 Å². The Morgan fingerprint density at radius 2 is 1.69 bits per heavy atom. The van der Waals surface area contributed by atoms with Crippen LogP contribution in [0, 0.1) is 13.8 Å². The Hall–Kier alpha value is -3.44. The van der Waals surface area contributed by atoms with Crippen molar-refractivity contribution in [3.05, 3.63) is 111 Å². The first-order valence-corrected chi connectivity index (χ1v) is 14.4. The number of imidazole rings is 1. The van der Waals surface area contributed by atoms with Crippen molar-refractivity contribution < 1.29 is 24.5 Å². The van der Waals surface area contributed by atoms with Crippen molar-refractivity contribution >= 4 is 10.2 Å². The minimum Gasteiger partial charge on any atom is -0.394 e. The summed E-state index contributed by atoms with van der Waals surface area (Å²) in [6, 6.07) is 9.08. The van der Waals surface area contributed by atoms with E-state index in [1.54, 1.807) is 12.5 Å². The molecule has 2 aromatic carbocycles. The lowest BCUT2D eigenvalue weighted by atomic mass is 10.00. The van der Waals surface area contributed by atoms with Crippen LogP contribution in [0.4, 0.5) is 19.4 Å². The molecule has 2 heterocycles. The van der Waals surface area contributed by atoms with Gasteiger partial charge in [0, 0.05) is 30.1 Å². The summed E-state index contributed by atoms with van der Waals surface area (Å²) in [6.45, 7) is 3.27. The monoisotopic (exact) mass is 565 g/mol. The molecule has 5 nitrogen and oxygen atoms in total. The number of nitrogens with zero attached hydrogens (tertiary/aromatic N) is 3. The molecule has 1 N–H and O–H groups in total. The first-order valence-electron chi connectivity index (χ1n) is 12.4. The van der Waals surface area contributed by atoms with E-state index in [1.807, 2.05) is 48.9 Å². The first-order chi connectivity index (χ1) is 18.1. The van der Waals surface area contributed by atoms with E-state index in [4.69, 9.17) is 0 Å². The highest BCUT2D eigenvalue weighted by molar-refractivity contribution is 8.45. The van der Waals surface area contributed by atoms with Gasteiger partial charge in [0.15, 0.2) is 0 Å². The molecule has 2 aromatic heterocycles. The van der Waals surface area contributed by atoms with Crippen LogP contribution in [0.1, 0.15) is 58.3 Å². The van der Waals surface area contributed by atoms with Gasteiger partial charge >= 0.3 is 10.2 Å². The van der Waals surface area contributed by atoms with Crippen LogP contribution in [0.3, 0.4) is 0 Å². The topological polar surface area (TPSA) is 60.0 Å². The number of rotatable bonds is 8. The SMILES string of the molecule is Cc1cn(-c2ccc(Cc3cc(C4CC4)cn([C@@H](CO)c4ccc(S(F)(F)(F)(F)F)cc4)c3=O)cc2C)cn1. The first kappa shape index (κ1) is 27.1. The Bertz CT molecular complexity index is 1610. The predicted molar refractivity (Wildman–Crippen MR) is 142 cm³/mol. The second kappa shape index (κ2) is 8.79. The van der Waals surface area contributed by atoms with Crippen molar-refractivity contribution in [1.82, 2.24) is 14.1 Å². The highest BCUT2D eigenvalue weighted by Gasteiger charge is 2.65. The molecule has 1 atom stereocenters. The van der Waals surface area contributed by atoms with Crippen LogP contribution in [0.25, 0.3) is 5.69 Å². The third kappa shape index (κ3) is 5.79. The lowest BCUT2D eigenvalue weighted by molar-refractivity contribution is 0.246. The summed E-state index contributed by atoms with van der Waals surface area (Å²) in [4.78, 5) is 15.8. The summed E-state index contributed by atoms with van der Waals surface area (Å²) in [5.41, 5.74) is 4.82. The maximum atomic E-state index is 13.6. The molecular formula is C28H28F5N3O2S. The van der Waals surface area contributed by atoms with Gasteiger partial charge in [-0.3, -0.25) is 4.79 Å². The standard InChI is InChI=1S/C28H28F5N3O2S/c1-18-11-20(3-10-26(18)35-14-19(2)34-17-35)12-23-13-24(21-4-5-21)15-36(28(23)38)27(16-37)22-6-8-25(9-7-22)39(29,30,31,32)33/h3,6-11,13-15,17,21,27,37H,4-5,12,16H2,1-2H3/t27-/m0/s1. The number of benzene rings is 2. The molecule has 1 aliphatic rings. The summed E-state index contributed by atoms with van der Waals surface area (Å²) in [5, 5.41) is 10.2. The molecule has 0 aliphatic heterocycles. The van der Waals surface area contributed by atoms with Crippen molar-refractivity contribution in [3.8, 4) is 5.69 Å². The van der Waals surface area contributed by atoms with Gasteiger partial charge in [-0.25, -0.2) is 4.98 Å². The Labute approximate surface area is 222 Å². The van der Waals surface area contributed by atoms with E-state index in [0.29, 0.717) is 24.1 Å². The van der Waals surface area contributed by atoms with Gasteiger partial charge in [-0.05, 0) is 79.1 Å². The molecule has 0 spiro atoms. The number of aliphatic hydroxyl groups is 1. The second-order valence-corrected chi connectivity index (χ2v) is 12.7. The minimum atomic E-state index is -9.84. The second-order valence-electron chi connectivity index (χ2n) is 10.2. The number of hydrogen-bond donors (Lipinski definition) is 1. The fourth-order valence-electron chi connectivity index (χ4n) is 4.87. The zero-order valence-electron chi connectivity index (χ0n) is 21.3. The number of aliphatic hydroxyl groups excluding tert-OH is 1. The van der Waals surface area contributed by atoms with Gasteiger partial charge in [0.2, 0.25) is 0 Å². The van der Waals surface area contributed by atoms with Crippen LogP contribution in [0.5, 0.6) is 0 Å². The summed E-state index contributed by atoms with van der Waals surface area (Å²) < 4.78 is 69.2. The maximum Gasteiger partial charge on any atom is 0.310 e. The molecule has 4 aromatic rings. The number of aromatic nitrogens is 3. The number of aryl methyl sites for hydroxylation is 2. The average molecular weight is 566 g/mol. The fourth-order valence-corrected chi connectivity index (χ4v) is 5.52. The number of hydrogen-bond acceptors (Lipinski definition) is 3. The largest absolute Gasteiger partial charge is 0.394 e. The smallest absolute Gasteiger partial charge is 0.310 e. The molecule has 11 heteroatoms. The molecule has 208 valence electrons. The van der Waals surface area contributed by atoms with Crippen molar-refractivity contribution in [2.45, 2.75) is 50.0 Å². The van der Waals surface area contributed by atoms with E-state index < -0.39 is 33.3 Å². The summed E-state index contributed by atoms with van der Waals surface area (Å²) in [5.74, 6) is 0.249. The zero-order chi connectivity index (χ0) is 28.2. The number of pyridine rings is 1. The van der Waals surface area contributed by atoms with Gasteiger partial charge in [0.25, 0.3) is 5.56 Å². The predicted octanol–water partition coefficient (Wildman–Crippen LogP) is 7.36. The van der Waals surface area contributed by atoms with Crippen LogP contribution >= 0.6 is 10.2 Å². The van der Waals surface area contributed by atoms with Gasteiger partial charge in [-0.2, -0.15) is 0 Å². The normalized spacial score (nSPS) is 16.5. The third-order valence-corrected chi connectivity index (χ3v) is 8.21. The molecule has 5 rings (SSSR count). The number of halogens is 5. The summed E-state index contributed by atoms with van der Waals surface area (Å²) in [6.07, 6.45) is 7.46. The molecule has 0 bridgehead atoms. The highest BCUT2D eigenvalue weighted by Crippen LogP contribution is 3.02. The summed E-state index contributed by atoms with van der Waals surface area (Å²) in [7, 11) is -9.84. The molecule has 39 heavy (non-hydrogen) atoms. The molecule has 0 radical (unpaired) electrons. The minimum absolute atomic E-state index is 0.125. The highest BCUT2D eigenvalue weighted by atomic mass is 32.5. The Kier molecular flexibility index (Phi) is 6.11. The van der Waals surface area contributed by atoms with Gasteiger partial charge < -0.3 is 14.2 Å². The molecule has 1 fully saturated rings. The van der Waals surface area contributed by atoms with E-state index in [1.165, 1.54) is 4.57 Å². The Morgan fingerprint density at radius 3 is 2.23 bits per heavy atom. The van der Waals surface area contributed by atoms with E-state index in [-0.39, 0.29) is 11.5 Å². The average Bonchev–Trinajstić information content (AvgIpc) is 3.61. The van der Waals surface area contributed by atoms with E-state index in [2.05, 4.69) is 4.98 Å². The lowest BCUT2D eigenvalue weighted by Gasteiger charge is -2.40. The quantitative estimate of drug-likeness (QED) is 0.227. The zero-order valence-corrected chi connectivity index (χ0v) is 22.1. The lowest BCUT2D eigenvalue weighted by Crippen LogP contribution is -2.30. The van der Waals surface area contributed by atoms with Crippen molar-refractivity contribution in [1.29, 1.82) is 0 Å². The van der Waals surface area contributed by atoms with E-state index in [0.717, 1.165) is 53.0 Å². The Morgan fingerprint density at radius 1 is 1.00 bits per heavy atom. The molecule has 0 amide bonds. The van der Waals surface area contributed by atoms with Gasteiger partial charge in [-0.15, -0.1) is 0 Å². The Balaban J connectivity index is 1.51. The van der Waals surface area contributed by atoms with Crippen LogP contribution in [-0.2, 0) is 6.42 Å². The molecule has 1 saturated carbocycles. The van der Waals surface area contributed by atoms with Gasteiger partial charge in [-0.1, -0.05) is 43.7 Å². The van der Waals surface area contributed by atoms with Gasteiger partial charge in [0.05, 0.1) is 24.7 Å². The third-order valence-electron chi connectivity index (χ3n) is 7.05. The van der Waals surface area contributed by atoms with E-state index >= 15 is 0 Å².